The second-order valence-corrected chi connectivity index (χ2v) is 5.64. The second kappa shape index (κ2) is 6.64. The van der Waals surface area contributed by atoms with Gasteiger partial charge in [0.05, 0.1) is 12.8 Å². The summed E-state index contributed by atoms with van der Waals surface area (Å²) < 4.78 is 1.28. The van der Waals surface area contributed by atoms with E-state index in [9.17, 15) is 14.4 Å². The number of amides is 1. The lowest BCUT2D eigenvalue weighted by Crippen LogP contribution is -2.40. The number of carboxylic acid groups (broad SMARTS) is 1. The van der Waals surface area contributed by atoms with Gasteiger partial charge in [0.25, 0.3) is 5.56 Å². The lowest BCUT2D eigenvalue weighted by Gasteiger charge is -2.26. The van der Waals surface area contributed by atoms with Crippen LogP contribution in [0.3, 0.4) is 0 Å². The number of carbonyl (C=O) groups excluding carboxylic acids is 1. The summed E-state index contributed by atoms with van der Waals surface area (Å²) in [5.74, 6) is -1.25. The molecule has 0 saturated carbocycles. The summed E-state index contributed by atoms with van der Waals surface area (Å²) in [6.45, 7) is 5.43. The molecule has 0 fully saturated rings. The number of hydrogen-bond donors (Lipinski definition) is 2. The summed E-state index contributed by atoms with van der Waals surface area (Å²) in [6.07, 6.45) is 1.37. The van der Waals surface area contributed by atoms with E-state index in [-0.39, 0.29) is 36.9 Å². The minimum atomic E-state index is -0.964. The van der Waals surface area contributed by atoms with Gasteiger partial charge in [-0.05, 0) is 20.8 Å². The van der Waals surface area contributed by atoms with Crippen LogP contribution in [0.4, 0.5) is 0 Å². The van der Waals surface area contributed by atoms with Crippen LogP contribution in [-0.4, -0.2) is 49.1 Å². The number of aryl methyl sites for hydroxylation is 1. The third-order valence-corrected chi connectivity index (χ3v) is 3.68. The van der Waals surface area contributed by atoms with Crippen molar-refractivity contribution in [2.75, 3.05) is 6.54 Å². The van der Waals surface area contributed by atoms with E-state index in [0.717, 1.165) is 0 Å². The molecular formula is C15H20N4O4. The van der Waals surface area contributed by atoms with Gasteiger partial charge in [-0.1, -0.05) is 0 Å². The molecular weight excluding hydrogens is 300 g/mol. The van der Waals surface area contributed by atoms with Crippen LogP contribution in [0.25, 0.3) is 5.65 Å². The maximum absolute atomic E-state index is 12.5. The molecule has 1 amide bonds. The number of nitrogens with zero attached hydrogens (tertiary/aromatic N) is 3. The Labute approximate surface area is 132 Å². The summed E-state index contributed by atoms with van der Waals surface area (Å²) in [6, 6.07) is 1.53. The molecule has 124 valence electrons. The number of aliphatic carboxylic acids is 1. The molecule has 2 rings (SSSR count). The molecule has 2 aromatic heterocycles. The van der Waals surface area contributed by atoms with Crippen LogP contribution in [0.1, 0.15) is 31.5 Å². The third kappa shape index (κ3) is 3.58. The largest absolute Gasteiger partial charge is 0.481 e. The van der Waals surface area contributed by atoms with E-state index in [1.807, 2.05) is 13.8 Å². The molecule has 0 bridgehead atoms. The molecule has 0 saturated heterocycles. The smallest absolute Gasteiger partial charge is 0.305 e. The van der Waals surface area contributed by atoms with Crippen LogP contribution >= 0.6 is 0 Å². The fraction of sp³-hybridized carbons (Fsp3) is 0.467. The Morgan fingerprint density at radius 1 is 1.43 bits per heavy atom. The van der Waals surface area contributed by atoms with Crippen molar-refractivity contribution < 1.29 is 14.7 Å². The molecule has 0 spiro atoms. The van der Waals surface area contributed by atoms with Gasteiger partial charge in [-0.3, -0.25) is 19.5 Å². The van der Waals surface area contributed by atoms with E-state index in [1.54, 1.807) is 19.2 Å². The predicted octanol–water partition coefficient (Wildman–Crippen LogP) is 0.585. The summed E-state index contributed by atoms with van der Waals surface area (Å²) in [5, 5.41) is 11.6. The summed E-state index contributed by atoms with van der Waals surface area (Å²) >= 11 is 0. The highest BCUT2D eigenvalue weighted by molar-refractivity contribution is 5.80. The highest BCUT2D eigenvalue weighted by atomic mass is 16.4. The predicted molar refractivity (Wildman–Crippen MR) is 83.4 cm³/mol. The Hall–Kier alpha value is -2.64. The topological polar surface area (TPSA) is 108 Å². The van der Waals surface area contributed by atoms with E-state index >= 15 is 0 Å². The van der Waals surface area contributed by atoms with Crippen LogP contribution < -0.4 is 5.56 Å². The Kier molecular flexibility index (Phi) is 4.83. The number of rotatable bonds is 6. The summed E-state index contributed by atoms with van der Waals surface area (Å²) in [5.41, 5.74) is 1.00. The number of aromatic amines is 1. The van der Waals surface area contributed by atoms with Crippen LogP contribution in [0.15, 0.2) is 17.1 Å². The van der Waals surface area contributed by atoms with Crippen molar-refractivity contribution in [1.82, 2.24) is 19.5 Å². The minimum absolute atomic E-state index is 0.0998. The molecule has 0 aliphatic heterocycles. The molecule has 8 heteroatoms. The molecule has 0 atom stereocenters. The Morgan fingerprint density at radius 3 is 2.74 bits per heavy atom. The fourth-order valence-corrected chi connectivity index (χ4v) is 2.45. The van der Waals surface area contributed by atoms with Gasteiger partial charge in [0.15, 0.2) is 5.65 Å². The van der Waals surface area contributed by atoms with Crippen molar-refractivity contribution >= 4 is 17.5 Å². The first-order valence-electron chi connectivity index (χ1n) is 7.38. The first kappa shape index (κ1) is 16.7. The highest BCUT2D eigenvalue weighted by Crippen LogP contribution is 2.08. The van der Waals surface area contributed by atoms with E-state index in [1.165, 1.54) is 9.42 Å². The zero-order valence-corrected chi connectivity index (χ0v) is 13.4. The van der Waals surface area contributed by atoms with Crippen molar-refractivity contribution in [3.63, 3.8) is 0 Å². The third-order valence-electron chi connectivity index (χ3n) is 3.68. The Balaban J connectivity index is 2.27. The van der Waals surface area contributed by atoms with Crippen molar-refractivity contribution in [3.8, 4) is 0 Å². The van der Waals surface area contributed by atoms with Gasteiger partial charge in [0.2, 0.25) is 5.91 Å². The molecule has 2 aromatic rings. The highest BCUT2D eigenvalue weighted by Gasteiger charge is 2.21. The van der Waals surface area contributed by atoms with Gasteiger partial charge < -0.3 is 10.0 Å². The number of carbonyl (C=O) groups is 2. The lowest BCUT2D eigenvalue weighted by atomic mass is 10.1. The fourth-order valence-electron chi connectivity index (χ4n) is 2.45. The van der Waals surface area contributed by atoms with Gasteiger partial charge in [-0.25, -0.2) is 9.50 Å². The number of fused-ring (bicyclic) bond motifs is 1. The molecule has 8 nitrogen and oxygen atoms in total. The van der Waals surface area contributed by atoms with Gasteiger partial charge >= 0.3 is 5.97 Å². The molecule has 0 aliphatic rings. The normalized spacial score (nSPS) is 11.1. The van der Waals surface area contributed by atoms with Gasteiger partial charge in [-0.15, -0.1) is 0 Å². The molecule has 0 aromatic carbocycles. The van der Waals surface area contributed by atoms with Gasteiger partial charge in [-0.2, -0.15) is 0 Å². The van der Waals surface area contributed by atoms with E-state index in [2.05, 4.69) is 10.1 Å². The van der Waals surface area contributed by atoms with Crippen LogP contribution in [0.5, 0.6) is 0 Å². The average molecular weight is 320 g/mol. The van der Waals surface area contributed by atoms with Crippen molar-refractivity contribution in [1.29, 1.82) is 0 Å². The van der Waals surface area contributed by atoms with E-state index < -0.39 is 5.97 Å². The number of nitrogens with one attached hydrogen (secondary N) is 1. The van der Waals surface area contributed by atoms with Crippen molar-refractivity contribution in [2.24, 2.45) is 0 Å². The molecule has 2 heterocycles. The average Bonchev–Trinajstić information content (AvgIpc) is 2.91. The number of aromatic nitrogens is 3. The molecule has 2 N–H and O–H groups in total. The lowest BCUT2D eigenvalue weighted by molar-refractivity contribution is -0.139. The summed E-state index contributed by atoms with van der Waals surface area (Å²) in [7, 11) is 0. The molecule has 0 aliphatic carbocycles. The van der Waals surface area contributed by atoms with Crippen LogP contribution in [0.2, 0.25) is 0 Å². The molecule has 0 unspecified atom stereocenters. The van der Waals surface area contributed by atoms with Crippen LogP contribution in [-0.2, 0) is 16.0 Å². The first-order chi connectivity index (χ1) is 10.8. The van der Waals surface area contributed by atoms with Crippen molar-refractivity contribution in [2.45, 2.75) is 39.7 Å². The zero-order chi connectivity index (χ0) is 17.1. The van der Waals surface area contributed by atoms with Gasteiger partial charge in [0, 0.05) is 36.1 Å². The standard InChI is InChI=1S/C15H20N4O4/c1-9(2)18(7-5-14(21)22)13(20)8-11-10(3)17-12-4-6-16-19(12)15(11)23/h4,6,9,16H,5,7-8H2,1-3H3,(H,21,22). The van der Waals surface area contributed by atoms with Crippen molar-refractivity contribution in [3.05, 3.63) is 33.9 Å². The zero-order valence-electron chi connectivity index (χ0n) is 13.4. The van der Waals surface area contributed by atoms with Crippen LogP contribution in [0, 0.1) is 6.92 Å². The maximum atomic E-state index is 12.5. The van der Waals surface area contributed by atoms with E-state index in [0.29, 0.717) is 16.9 Å². The second-order valence-electron chi connectivity index (χ2n) is 5.64. The molecule has 0 radical (unpaired) electrons. The summed E-state index contributed by atoms with van der Waals surface area (Å²) in [4.78, 5) is 41.4. The van der Waals surface area contributed by atoms with Gasteiger partial charge in [0.1, 0.15) is 0 Å². The quantitative estimate of drug-likeness (QED) is 0.809. The minimum Gasteiger partial charge on any atom is -0.481 e. The number of H-pyrrole nitrogens is 1. The monoisotopic (exact) mass is 320 g/mol. The maximum Gasteiger partial charge on any atom is 0.305 e. The first-order valence-corrected chi connectivity index (χ1v) is 7.38. The number of carboxylic acids is 1. The Bertz CT molecular complexity index is 790. The Morgan fingerprint density at radius 2 is 2.13 bits per heavy atom. The van der Waals surface area contributed by atoms with E-state index in [4.69, 9.17) is 5.11 Å². The number of hydrogen-bond acceptors (Lipinski definition) is 4. The SMILES string of the molecule is Cc1nc2cc[nH]n2c(=O)c1CC(=O)N(CCC(=O)O)C(C)C. The molecule has 23 heavy (non-hydrogen) atoms.